The van der Waals surface area contributed by atoms with Crippen molar-refractivity contribution in [1.29, 1.82) is 0 Å². The Kier molecular flexibility index (Phi) is 5.11. The molecule has 134 valence electrons. The van der Waals surface area contributed by atoms with Gasteiger partial charge < -0.3 is 4.74 Å². The van der Waals surface area contributed by atoms with Gasteiger partial charge in [-0.25, -0.2) is 0 Å². The molecule has 0 N–H and O–H groups in total. The van der Waals surface area contributed by atoms with Crippen LogP contribution < -0.4 is 0 Å². The first-order chi connectivity index (χ1) is 12.3. The van der Waals surface area contributed by atoms with Gasteiger partial charge in [0, 0.05) is 28.6 Å². The lowest BCUT2D eigenvalue weighted by molar-refractivity contribution is -0.0976. The zero-order valence-corrected chi connectivity index (χ0v) is 16.0. The first kappa shape index (κ1) is 17.4. The molecule has 1 aromatic carbocycles. The topological polar surface area (TPSA) is 9.23 Å². The molecule has 0 aromatic heterocycles. The number of rotatable bonds is 7. The second-order valence-corrected chi connectivity index (χ2v) is 9.05. The normalized spacial score (nSPS) is 36.6. The molecule has 1 heterocycles. The Labute approximate surface area is 156 Å². The highest BCUT2D eigenvalue weighted by molar-refractivity contribution is 7.99. The summed E-state index contributed by atoms with van der Waals surface area (Å²) in [6, 6.07) is 10.7. The molecule has 2 aliphatic carbocycles. The number of thioether (sulfide) groups is 1. The van der Waals surface area contributed by atoms with Crippen LogP contribution >= 0.6 is 11.8 Å². The molecule has 0 unspecified atom stereocenters. The van der Waals surface area contributed by atoms with Crippen molar-refractivity contribution in [2.45, 2.75) is 55.4 Å². The van der Waals surface area contributed by atoms with E-state index < -0.39 is 0 Å². The first-order valence-electron chi connectivity index (χ1n) is 9.90. The molecule has 1 spiro atoms. The first-order valence-corrected chi connectivity index (χ1v) is 10.9. The summed E-state index contributed by atoms with van der Waals surface area (Å²) in [5.41, 5.74) is 0.561. The Morgan fingerprint density at radius 3 is 2.80 bits per heavy atom. The fourth-order valence-electron chi connectivity index (χ4n) is 6.01. The van der Waals surface area contributed by atoms with Crippen LogP contribution in [0, 0.1) is 17.3 Å². The lowest BCUT2D eigenvalue weighted by atomic mass is 9.68. The van der Waals surface area contributed by atoms with Gasteiger partial charge in [0.05, 0.1) is 5.60 Å². The van der Waals surface area contributed by atoms with E-state index in [1.54, 1.807) is 0 Å². The summed E-state index contributed by atoms with van der Waals surface area (Å²) in [6.07, 6.45) is 16.1. The molecule has 1 aliphatic heterocycles. The summed E-state index contributed by atoms with van der Waals surface area (Å²) in [5.74, 6) is 2.44. The van der Waals surface area contributed by atoms with Crippen molar-refractivity contribution in [2.24, 2.45) is 17.3 Å². The second kappa shape index (κ2) is 7.32. The molecule has 3 aliphatic rings. The number of ether oxygens (including phenoxy) is 1. The molecule has 1 aromatic rings. The fraction of sp³-hybridized carbons (Fsp3) is 0.565. The Morgan fingerprint density at radius 2 is 1.96 bits per heavy atom. The molecular formula is C23H30OS. The van der Waals surface area contributed by atoms with Gasteiger partial charge in [0.15, 0.2) is 0 Å². The fourth-order valence-corrected chi connectivity index (χ4v) is 6.78. The zero-order valence-electron chi connectivity index (χ0n) is 15.2. The van der Waals surface area contributed by atoms with Gasteiger partial charge in [0.2, 0.25) is 0 Å². The van der Waals surface area contributed by atoms with Crippen molar-refractivity contribution < 1.29 is 4.74 Å². The average Bonchev–Trinajstić information content (AvgIpc) is 3.27. The van der Waals surface area contributed by atoms with Crippen LogP contribution in [0.2, 0.25) is 0 Å². The Morgan fingerprint density at radius 1 is 1.12 bits per heavy atom. The van der Waals surface area contributed by atoms with Crippen molar-refractivity contribution >= 4 is 11.8 Å². The number of hydrogen-bond donors (Lipinski definition) is 0. The van der Waals surface area contributed by atoms with Crippen LogP contribution in [-0.4, -0.2) is 18.0 Å². The molecule has 0 radical (unpaired) electrons. The van der Waals surface area contributed by atoms with Gasteiger partial charge >= 0.3 is 0 Å². The maximum Gasteiger partial charge on any atom is 0.0829 e. The second-order valence-electron chi connectivity index (χ2n) is 7.96. The van der Waals surface area contributed by atoms with Crippen LogP contribution in [0.4, 0.5) is 0 Å². The molecular weight excluding hydrogens is 324 g/mol. The van der Waals surface area contributed by atoms with Crippen molar-refractivity contribution in [2.75, 3.05) is 12.4 Å². The molecule has 1 nitrogen and oxygen atoms in total. The molecule has 4 rings (SSSR count). The predicted octanol–water partition coefficient (Wildman–Crippen LogP) is 6.27. The maximum absolute atomic E-state index is 6.53. The molecule has 3 fully saturated rings. The number of allylic oxidation sites excluding steroid dienone is 1. The van der Waals surface area contributed by atoms with Crippen LogP contribution in [-0.2, 0) is 4.74 Å². The summed E-state index contributed by atoms with van der Waals surface area (Å²) in [6.45, 7) is 5.11. The highest BCUT2D eigenvalue weighted by atomic mass is 32.2. The minimum atomic E-state index is 0.140. The zero-order chi connectivity index (χ0) is 17.2. The average molecular weight is 355 g/mol. The van der Waals surface area contributed by atoms with Gasteiger partial charge in [-0.05, 0) is 63.0 Å². The molecule has 2 saturated carbocycles. The number of benzene rings is 1. The quantitative estimate of drug-likeness (QED) is 0.422. The monoisotopic (exact) mass is 354 g/mol. The van der Waals surface area contributed by atoms with E-state index in [0.717, 1.165) is 18.3 Å². The predicted molar refractivity (Wildman–Crippen MR) is 107 cm³/mol. The van der Waals surface area contributed by atoms with Crippen LogP contribution in [0.15, 0.2) is 60.0 Å². The van der Waals surface area contributed by atoms with E-state index in [9.17, 15) is 0 Å². The minimum absolute atomic E-state index is 0.140. The molecule has 2 heteroatoms. The van der Waals surface area contributed by atoms with Crippen LogP contribution in [0.3, 0.4) is 0 Å². The molecule has 1 saturated heterocycles. The van der Waals surface area contributed by atoms with Gasteiger partial charge in [0.25, 0.3) is 0 Å². The van der Waals surface area contributed by atoms with Crippen LogP contribution in [0.1, 0.15) is 44.9 Å². The van der Waals surface area contributed by atoms with Crippen molar-refractivity contribution in [1.82, 2.24) is 0 Å². The van der Waals surface area contributed by atoms with Gasteiger partial charge in [-0.1, -0.05) is 36.4 Å². The molecule has 0 bridgehead atoms. The van der Waals surface area contributed by atoms with Crippen molar-refractivity contribution in [3.05, 3.63) is 55.1 Å². The third-order valence-corrected chi connectivity index (χ3v) is 7.99. The van der Waals surface area contributed by atoms with E-state index in [2.05, 4.69) is 55.1 Å². The van der Waals surface area contributed by atoms with Gasteiger partial charge in [-0.3, -0.25) is 0 Å². The Bertz CT molecular complexity index is 624. The number of hydrogen-bond acceptors (Lipinski definition) is 2. The summed E-state index contributed by atoms with van der Waals surface area (Å²) < 4.78 is 6.53. The van der Waals surface area contributed by atoms with Gasteiger partial charge in [-0.2, -0.15) is 0 Å². The van der Waals surface area contributed by atoms with E-state index in [-0.39, 0.29) is 5.60 Å². The Hall–Kier alpha value is -0.990. The van der Waals surface area contributed by atoms with Gasteiger partial charge in [-0.15, -0.1) is 18.3 Å². The van der Waals surface area contributed by atoms with E-state index in [1.807, 2.05) is 11.8 Å². The van der Waals surface area contributed by atoms with Crippen LogP contribution in [0.25, 0.3) is 0 Å². The van der Waals surface area contributed by atoms with Gasteiger partial charge in [0.1, 0.15) is 0 Å². The smallest absolute Gasteiger partial charge is 0.0829 e. The van der Waals surface area contributed by atoms with E-state index in [1.165, 1.54) is 49.8 Å². The molecule has 0 amide bonds. The summed E-state index contributed by atoms with van der Waals surface area (Å²) in [4.78, 5) is 1.35. The maximum atomic E-state index is 6.53. The minimum Gasteiger partial charge on any atom is -0.374 e. The SMILES string of the molecule is C=C[C@H]1CC[C@]2(CC/C=C/CSc3ccccc3)CC[C@H]3CCO[C@@]312. The van der Waals surface area contributed by atoms with E-state index >= 15 is 0 Å². The summed E-state index contributed by atoms with van der Waals surface area (Å²) in [5, 5.41) is 0. The lowest BCUT2D eigenvalue weighted by Crippen LogP contribution is -2.47. The summed E-state index contributed by atoms with van der Waals surface area (Å²) >= 11 is 1.91. The highest BCUT2D eigenvalue weighted by Gasteiger charge is 2.68. The van der Waals surface area contributed by atoms with Crippen LogP contribution in [0.5, 0.6) is 0 Å². The van der Waals surface area contributed by atoms with Crippen molar-refractivity contribution in [3.8, 4) is 0 Å². The molecule has 4 atom stereocenters. The third-order valence-electron chi connectivity index (χ3n) is 7.03. The standard InChI is InChI=1S/C23H30OS/c1-2-19-11-15-22(16-12-20-13-17-24-23(19,20)22)14-7-4-8-18-25-21-9-5-3-6-10-21/h2-6,8-10,19-20H,1,7,11-18H2/b8-4+/t19-,20-,22+,23+/m0/s1. The lowest BCUT2D eigenvalue weighted by Gasteiger charge is -2.43. The summed E-state index contributed by atoms with van der Waals surface area (Å²) in [7, 11) is 0. The highest BCUT2D eigenvalue weighted by Crippen LogP contribution is 2.68. The van der Waals surface area contributed by atoms with Crippen molar-refractivity contribution in [3.63, 3.8) is 0 Å². The van der Waals surface area contributed by atoms with E-state index in [0.29, 0.717) is 11.3 Å². The largest absolute Gasteiger partial charge is 0.374 e. The van der Waals surface area contributed by atoms with E-state index in [4.69, 9.17) is 4.74 Å². The molecule has 25 heavy (non-hydrogen) atoms. The Balaban J connectivity index is 1.34. The third kappa shape index (κ3) is 2.92.